The lowest BCUT2D eigenvalue weighted by atomic mass is 9.99. The number of halogens is 1. The minimum atomic E-state index is 0.0152. The van der Waals surface area contributed by atoms with Gasteiger partial charge in [0.05, 0.1) is 13.2 Å². The third-order valence-electron chi connectivity index (χ3n) is 3.09. The summed E-state index contributed by atoms with van der Waals surface area (Å²) < 4.78 is 5.34. The van der Waals surface area contributed by atoms with Crippen LogP contribution in [0.5, 0.6) is 0 Å². The van der Waals surface area contributed by atoms with E-state index < -0.39 is 0 Å². The van der Waals surface area contributed by atoms with E-state index in [0.29, 0.717) is 29.4 Å². The van der Waals surface area contributed by atoms with E-state index >= 15 is 0 Å². The van der Waals surface area contributed by atoms with Gasteiger partial charge >= 0.3 is 0 Å². The van der Waals surface area contributed by atoms with Crippen LogP contribution in [-0.2, 0) is 18.0 Å². The number of carbonyl (C=O) groups excluding carboxylic acids is 1. The molecule has 0 atom stereocenters. The van der Waals surface area contributed by atoms with Gasteiger partial charge in [0.15, 0.2) is 5.78 Å². The Morgan fingerprint density at radius 3 is 2.39 bits per heavy atom. The molecule has 2 aromatic carbocycles. The van der Waals surface area contributed by atoms with Gasteiger partial charge in [0.2, 0.25) is 0 Å². The maximum absolute atomic E-state index is 12.3. The highest BCUT2D eigenvalue weighted by Gasteiger charge is 2.15. The minimum absolute atomic E-state index is 0.0152. The van der Waals surface area contributed by atoms with E-state index in [1.165, 1.54) is 5.56 Å². The predicted octanol–water partition coefficient (Wildman–Crippen LogP) is 3.60. The molecule has 1 heterocycles. The standard InChI is InChI=1S/C15H11ClO2/c16-14-5-3-10(4-6-14)15(17)11-1-2-12-8-18-9-13(12)7-11/h1-7H,8-9H2. The average Bonchev–Trinajstić information content (AvgIpc) is 2.86. The Kier molecular flexibility index (Phi) is 2.90. The summed E-state index contributed by atoms with van der Waals surface area (Å²) in [6.45, 7) is 1.24. The van der Waals surface area contributed by atoms with Crippen LogP contribution in [-0.4, -0.2) is 5.78 Å². The number of hydrogen-bond acceptors (Lipinski definition) is 2. The van der Waals surface area contributed by atoms with Crippen molar-refractivity contribution in [2.24, 2.45) is 0 Å². The molecule has 1 aliphatic heterocycles. The summed E-state index contributed by atoms with van der Waals surface area (Å²) >= 11 is 5.81. The van der Waals surface area contributed by atoms with Crippen molar-refractivity contribution in [1.82, 2.24) is 0 Å². The van der Waals surface area contributed by atoms with Gasteiger partial charge in [-0.1, -0.05) is 23.7 Å². The normalized spacial score (nSPS) is 13.4. The van der Waals surface area contributed by atoms with Crippen LogP contribution in [0.4, 0.5) is 0 Å². The molecule has 2 aromatic rings. The zero-order chi connectivity index (χ0) is 12.5. The van der Waals surface area contributed by atoms with Crippen LogP contribution in [0.1, 0.15) is 27.0 Å². The highest BCUT2D eigenvalue weighted by molar-refractivity contribution is 6.30. The maximum Gasteiger partial charge on any atom is 0.193 e. The second kappa shape index (κ2) is 4.56. The van der Waals surface area contributed by atoms with Crippen LogP contribution in [0.25, 0.3) is 0 Å². The summed E-state index contributed by atoms with van der Waals surface area (Å²) in [7, 11) is 0. The SMILES string of the molecule is O=C(c1ccc(Cl)cc1)c1ccc2c(c1)COC2. The number of benzene rings is 2. The molecule has 1 aliphatic rings. The zero-order valence-corrected chi connectivity index (χ0v) is 10.4. The molecule has 3 heteroatoms. The Morgan fingerprint density at radius 2 is 1.61 bits per heavy atom. The van der Waals surface area contributed by atoms with Gasteiger partial charge in [0, 0.05) is 16.1 Å². The van der Waals surface area contributed by atoms with Crippen LogP contribution >= 0.6 is 11.6 Å². The molecule has 0 aliphatic carbocycles. The van der Waals surface area contributed by atoms with Crippen molar-refractivity contribution >= 4 is 17.4 Å². The van der Waals surface area contributed by atoms with E-state index in [-0.39, 0.29) is 5.78 Å². The van der Waals surface area contributed by atoms with Crippen molar-refractivity contribution < 1.29 is 9.53 Å². The first-order valence-corrected chi connectivity index (χ1v) is 6.11. The molecule has 90 valence electrons. The van der Waals surface area contributed by atoms with Gasteiger partial charge in [0.1, 0.15) is 0 Å². The molecule has 0 bridgehead atoms. The second-order valence-electron chi connectivity index (χ2n) is 4.31. The molecule has 0 fully saturated rings. The van der Waals surface area contributed by atoms with E-state index in [1.807, 2.05) is 18.2 Å². The average molecular weight is 259 g/mol. The highest BCUT2D eigenvalue weighted by Crippen LogP contribution is 2.22. The molecular formula is C15H11ClO2. The second-order valence-corrected chi connectivity index (χ2v) is 4.75. The molecule has 0 saturated carbocycles. The van der Waals surface area contributed by atoms with Crippen molar-refractivity contribution in [3.8, 4) is 0 Å². The fourth-order valence-electron chi connectivity index (χ4n) is 2.08. The Hall–Kier alpha value is -1.64. The highest BCUT2D eigenvalue weighted by atomic mass is 35.5. The molecule has 0 aromatic heterocycles. The Morgan fingerprint density at radius 1 is 0.944 bits per heavy atom. The molecular weight excluding hydrogens is 248 g/mol. The Labute approximate surface area is 110 Å². The molecule has 0 saturated heterocycles. The third kappa shape index (κ3) is 2.05. The lowest BCUT2D eigenvalue weighted by molar-refractivity contribution is 0.103. The fraction of sp³-hybridized carbons (Fsp3) is 0.133. The molecule has 0 unspecified atom stereocenters. The number of rotatable bonds is 2. The molecule has 18 heavy (non-hydrogen) atoms. The molecule has 0 N–H and O–H groups in total. The first kappa shape index (κ1) is 11.5. The van der Waals surface area contributed by atoms with Crippen molar-refractivity contribution in [2.75, 3.05) is 0 Å². The van der Waals surface area contributed by atoms with E-state index in [2.05, 4.69) is 0 Å². The largest absolute Gasteiger partial charge is 0.372 e. The van der Waals surface area contributed by atoms with Gasteiger partial charge < -0.3 is 4.74 Å². The lowest BCUT2D eigenvalue weighted by Crippen LogP contribution is -2.02. The van der Waals surface area contributed by atoms with Crippen LogP contribution in [0.2, 0.25) is 5.02 Å². The maximum atomic E-state index is 12.3. The predicted molar refractivity (Wildman–Crippen MR) is 69.8 cm³/mol. The smallest absolute Gasteiger partial charge is 0.193 e. The van der Waals surface area contributed by atoms with Crippen LogP contribution in [0.15, 0.2) is 42.5 Å². The number of ketones is 1. The topological polar surface area (TPSA) is 26.3 Å². The van der Waals surface area contributed by atoms with E-state index in [0.717, 1.165) is 5.56 Å². The van der Waals surface area contributed by atoms with Gasteiger partial charge in [-0.2, -0.15) is 0 Å². The van der Waals surface area contributed by atoms with Gasteiger partial charge in [-0.05, 0) is 41.5 Å². The number of ether oxygens (including phenoxy) is 1. The van der Waals surface area contributed by atoms with Gasteiger partial charge in [-0.15, -0.1) is 0 Å². The van der Waals surface area contributed by atoms with E-state index in [4.69, 9.17) is 16.3 Å². The summed E-state index contributed by atoms with van der Waals surface area (Å²) in [4.78, 5) is 12.3. The summed E-state index contributed by atoms with van der Waals surface area (Å²) in [5.41, 5.74) is 3.62. The van der Waals surface area contributed by atoms with Gasteiger partial charge in [0.25, 0.3) is 0 Å². The Bertz CT molecular complexity index is 602. The molecule has 0 amide bonds. The quantitative estimate of drug-likeness (QED) is 0.770. The fourth-order valence-corrected chi connectivity index (χ4v) is 2.21. The summed E-state index contributed by atoms with van der Waals surface area (Å²) in [6.07, 6.45) is 0. The molecule has 3 rings (SSSR count). The van der Waals surface area contributed by atoms with Crippen molar-refractivity contribution in [2.45, 2.75) is 13.2 Å². The summed E-state index contributed by atoms with van der Waals surface area (Å²) in [6, 6.07) is 12.7. The molecule has 2 nitrogen and oxygen atoms in total. The number of hydrogen-bond donors (Lipinski definition) is 0. The first-order chi connectivity index (χ1) is 8.74. The van der Waals surface area contributed by atoms with E-state index in [1.54, 1.807) is 24.3 Å². The third-order valence-corrected chi connectivity index (χ3v) is 3.34. The van der Waals surface area contributed by atoms with E-state index in [9.17, 15) is 4.79 Å². The Balaban J connectivity index is 1.95. The zero-order valence-electron chi connectivity index (χ0n) is 9.65. The molecule has 0 radical (unpaired) electrons. The minimum Gasteiger partial charge on any atom is -0.372 e. The summed E-state index contributed by atoms with van der Waals surface area (Å²) in [5, 5.41) is 0.633. The lowest BCUT2D eigenvalue weighted by Gasteiger charge is -2.03. The van der Waals surface area contributed by atoms with Crippen molar-refractivity contribution in [1.29, 1.82) is 0 Å². The first-order valence-electron chi connectivity index (χ1n) is 5.74. The van der Waals surface area contributed by atoms with Gasteiger partial charge in [-0.3, -0.25) is 4.79 Å². The van der Waals surface area contributed by atoms with Crippen molar-refractivity contribution in [3.05, 3.63) is 69.7 Å². The van der Waals surface area contributed by atoms with Crippen LogP contribution in [0, 0.1) is 0 Å². The summed E-state index contributed by atoms with van der Waals surface area (Å²) in [5.74, 6) is 0.0152. The van der Waals surface area contributed by atoms with Crippen molar-refractivity contribution in [3.63, 3.8) is 0 Å². The van der Waals surface area contributed by atoms with Crippen LogP contribution in [0.3, 0.4) is 0 Å². The molecule has 0 spiro atoms. The number of fused-ring (bicyclic) bond motifs is 1. The van der Waals surface area contributed by atoms with Crippen LogP contribution < -0.4 is 0 Å². The number of carbonyl (C=O) groups is 1. The monoisotopic (exact) mass is 258 g/mol. The van der Waals surface area contributed by atoms with Gasteiger partial charge in [-0.25, -0.2) is 0 Å².